The van der Waals surface area contributed by atoms with Gasteiger partial charge in [0.1, 0.15) is 17.0 Å². The topological polar surface area (TPSA) is 92.8 Å². The van der Waals surface area contributed by atoms with Crippen molar-refractivity contribution in [2.45, 2.75) is 102 Å². The van der Waals surface area contributed by atoms with Gasteiger partial charge in [0.15, 0.2) is 11.6 Å². The lowest BCUT2D eigenvalue weighted by Gasteiger charge is -2.31. The van der Waals surface area contributed by atoms with Gasteiger partial charge in [0.2, 0.25) is 0 Å². The van der Waals surface area contributed by atoms with Crippen LogP contribution in [0.1, 0.15) is 96.4 Å². The number of nitrogens with zero attached hydrogens (tertiary/aromatic N) is 4. The van der Waals surface area contributed by atoms with Crippen LogP contribution < -0.4 is 4.74 Å². The molecule has 1 unspecified atom stereocenters. The zero-order chi connectivity index (χ0) is 37.3. The Morgan fingerprint density at radius 2 is 1.06 bits per heavy atom. The maximum atomic E-state index is 13.2. The highest BCUT2D eigenvalue weighted by Crippen LogP contribution is 2.40. The van der Waals surface area contributed by atoms with Crippen molar-refractivity contribution >= 4 is 17.3 Å². The lowest BCUT2D eigenvalue weighted by molar-refractivity contribution is -0.114. The standard InChI is InChI=1S/C43H54N4O3/c1-39(2,3)33-22-28(23-34(37(33)48)40(4,5)6)26-44-46-30-14-16-31(17-15-30)50-32-18-20-43(13,21-19-32)47-45-27-29-24-35(41(7,8)9)38(49)36(25-29)42(10,11)12/h14-20,22-27H,21H2,1-13H3. The predicted octanol–water partition coefficient (Wildman–Crippen LogP) is 12.0. The Hall–Kier alpha value is -4.52. The van der Waals surface area contributed by atoms with Crippen LogP contribution in [0.4, 0.5) is 5.69 Å². The van der Waals surface area contributed by atoms with Crippen molar-refractivity contribution < 1.29 is 14.3 Å². The molecule has 264 valence electrons. The summed E-state index contributed by atoms with van der Waals surface area (Å²) in [5, 5.41) is 17.8. The SMILES string of the molecule is CC1(N=NC=C2C=C(C(C)(C)C)C(=O)C(C(C)(C)C)=C2)C=CC(Oc2ccc(N=NC=C3C=C(C(C)(C)C)C(=O)C(C(C)(C)C)=C3)cc2)=CC1. The Kier molecular flexibility index (Phi) is 10.7. The molecule has 0 radical (unpaired) electrons. The summed E-state index contributed by atoms with van der Waals surface area (Å²) in [5.41, 5.74) is 3.90. The molecule has 0 saturated carbocycles. The molecule has 0 heterocycles. The van der Waals surface area contributed by atoms with Gasteiger partial charge in [-0.05, 0) is 107 Å². The first kappa shape index (κ1) is 38.3. The number of ether oxygens (including phenoxy) is 1. The molecule has 0 amide bonds. The van der Waals surface area contributed by atoms with E-state index in [9.17, 15) is 9.59 Å². The van der Waals surface area contributed by atoms with E-state index in [1.54, 1.807) is 12.4 Å². The maximum Gasteiger partial charge on any atom is 0.186 e. The molecule has 1 aromatic rings. The number of carbonyl (C=O) groups is 2. The van der Waals surface area contributed by atoms with Crippen molar-refractivity contribution in [3.05, 3.63) is 118 Å². The molecule has 0 aliphatic heterocycles. The van der Waals surface area contributed by atoms with Gasteiger partial charge in [-0.15, -0.1) is 0 Å². The van der Waals surface area contributed by atoms with Crippen LogP contribution in [0, 0.1) is 21.7 Å². The molecule has 0 spiro atoms. The molecule has 0 bridgehead atoms. The third-order valence-electron chi connectivity index (χ3n) is 8.72. The summed E-state index contributed by atoms with van der Waals surface area (Å²) >= 11 is 0. The average Bonchev–Trinajstić information content (AvgIpc) is 2.98. The Labute approximate surface area is 299 Å². The van der Waals surface area contributed by atoms with E-state index in [-0.39, 0.29) is 33.2 Å². The highest BCUT2D eigenvalue weighted by atomic mass is 16.5. The summed E-state index contributed by atoms with van der Waals surface area (Å²) in [4.78, 5) is 26.4. The van der Waals surface area contributed by atoms with Crippen LogP contribution in [-0.4, -0.2) is 17.1 Å². The molecular weight excluding hydrogens is 620 g/mol. The summed E-state index contributed by atoms with van der Waals surface area (Å²) < 4.78 is 6.11. The zero-order valence-corrected chi connectivity index (χ0v) is 32.2. The minimum Gasteiger partial charge on any atom is -0.458 e. The molecule has 0 aromatic heterocycles. The second-order valence-electron chi connectivity index (χ2n) is 17.7. The lowest BCUT2D eigenvalue weighted by atomic mass is 9.72. The summed E-state index contributed by atoms with van der Waals surface area (Å²) in [6.07, 6.45) is 17.7. The van der Waals surface area contributed by atoms with E-state index >= 15 is 0 Å². The van der Waals surface area contributed by atoms with Gasteiger partial charge in [-0.1, -0.05) is 89.2 Å². The Balaban J connectivity index is 1.41. The smallest absolute Gasteiger partial charge is 0.186 e. The molecule has 3 aliphatic carbocycles. The first-order valence-corrected chi connectivity index (χ1v) is 17.3. The molecule has 1 atom stereocenters. The van der Waals surface area contributed by atoms with Crippen molar-refractivity contribution in [3.8, 4) is 5.75 Å². The van der Waals surface area contributed by atoms with E-state index in [1.165, 1.54) is 0 Å². The molecule has 50 heavy (non-hydrogen) atoms. The molecule has 7 nitrogen and oxygen atoms in total. The van der Waals surface area contributed by atoms with E-state index in [2.05, 4.69) is 104 Å². The van der Waals surface area contributed by atoms with Crippen molar-refractivity contribution in [2.24, 2.45) is 42.1 Å². The third kappa shape index (κ3) is 9.58. The maximum absolute atomic E-state index is 13.2. The quantitative estimate of drug-likeness (QED) is 0.281. The van der Waals surface area contributed by atoms with Crippen LogP contribution in [0.3, 0.4) is 0 Å². The fourth-order valence-corrected chi connectivity index (χ4v) is 5.64. The van der Waals surface area contributed by atoms with Crippen LogP contribution in [-0.2, 0) is 9.59 Å². The van der Waals surface area contributed by atoms with Crippen LogP contribution in [0.25, 0.3) is 0 Å². The first-order chi connectivity index (χ1) is 23.0. The number of rotatable bonds is 6. The fourth-order valence-electron chi connectivity index (χ4n) is 5.64. The second-order valence-corrected chi connectivity index (χ2v) is 17.7. The number of Topliss-reactive ketones (excluding diaryl/α,β-unsaturated/α-hetero) is 2. The predicted molar refractivity (Wildman–Crippen MR) is 203 cm³/mol. The molecule has 1 aromatic carbocycles. The van der Waals surface area contributed by atoms with Crippen molar-refractivity contribution in [3.63, 3.8) is 0 Å². The van der Waals surface area contributed by atoms with E-state index < -0.39 is 5.54 Å². The van der Waals surface area contributed by atoms with E-state index in [0.717, 1.165) is 39.2 Å². The average molecular weight is 675 g/mol. The minimum atomic E-state index is -0.516. The number of azo groups is 2. The summed E-state index contributed by atoms with van der Waals surface area (Å²) in [6.45, 7) is 26.7. The van der Waals surface area contributed by atoms with Gasteiger partial charge in [0.25, 0.3) is 0 Å². The van der Waals surface area contributed by atoms with Crippen molar-refractivity contribution in [2.75, 3.05) is 0 Å². The van der Waals surface area contributed by atoms with Gasteiger partial charge in [-0.2, -0.15) is 20.5 Å². The van der Waals surface area contributed by atoms with Crippen LogP contribution in [0.5, 0.6) is 5.75 Å². The summed E-state index contributed by atoms with van der Waals surface area (Å²) in [7, 11) is 0. The van der Waals surface area contributed by atoms with Gasteiger partial charge >= 0.3 is 0 Å². The van der Waals surface area contributed by atoms with Gasteiger partial charge in [-0.3, -0.25) is 9.59 Å². The normalized spacial score (nSPS) is 20.9. The molecule has 7 heteroatoms. The van der Waals surface area contributed by atoms with Crippen LogP contribution >= 0.6 is 0 Å². The van der Waals surface area contributed by atoms with Gasteiger partial charge < -0.3 is 4.74 Å². The Bertz CT molecular complexity index is 1770. The molecule has 0 N–H and O–H groups in total. The molecule has 0 fully saturated rings. The first-order valence-electron chi connectivity index (χ1n) is 17.3. The fraction of sp³-hybridized carbons (Fsp3) is 0.442. The van der Waals surface area contributed by atoms with Crippen molar-refractivity contribution in [1.82, 2.24) is 0 Å². The Morgan fingerprint density at radius 3 is 1.44 bits per heavy atom. The van der Waals surface area contributed by atoms with Crippen molar-refractivity contribution in [1.29, 1.82) is 0 Å². The van der Waals surface area contributed by atoms with E-state index in [1.807, 2.05) is 73.7 Å². The number of carbonyl (C=O) groups excluding carboxylic acids is 2. The number of hydrogen-bond acceptors (Lipinski definition) is 7. The molecule has 3 aliphatic rings. The molecular formula is C43H54N4O3. The summed E-state index contributed by atoms with van der Waals surface area (Å²) in [6, 6.07) is 7.42. The van der Waals surface area contributed by atoms with E-state index in [0.29, 0.717) is 17.9 Å². The monoisotopic (exact) mass is 674 g/mol. The zero-order valence-electron chi connectivity index (χ0n) is 32.2. The van der Waals surface area contributed by atoms with Gasteiger partial charge in [0.05, 0.1) is 18.1 Å². The van der Waals surface area contributed by atoms with Crippen LogP contribution in [0.2, 0.25) is 0 Å². The second kappa shape index (κ2) is 14.0. The van der Waals surface area contributed by atoms with Crippen LogP contribution in [0.15, 0.2) is 139 Å². The third-order valence-corrected chi connectivity index (χ3v) is 8.72. The largest absolute Gasteiger partial charge is 0.458 e. The Morgan fingerprint density at radius 1 is 0.640 bits per heavy atom. The number of ketones is 2. The highest BCUT2D eigenvalue weighted by molar-refractivity contribution is 6.12. The number of allylic oxidation sites excluding steroid dienone is 11. The van der Waals surface area contributed by atoms with Gasteiger partial charge in [-0.25, -0.2) is 0 Å². The highest BCUT2D eigenvalue weighted by Gasteiger charge is 2.35. The van der Waals surface area contributed by atoms with E-state index in [4.69, 9.17) is 4.74 Å². The number of hydrogen-bond donors (Lipinski definition) is 0. The molecule has 0 saturated heterocycles. The minimum absolute atomic E-state index is 0.0957. The summed E-state index contributed by atoms with van der Waals surface area (Å²) in [5.74, 6) is 1.61. The molecule has 4 rings (SSSR count). The van der Waals surface area contributed by atoms with Gasteiger partial charge in [0, 0.05) is 22.3 Å². The lowest BCUT2D eigenvalue weighted by Crippen LogP contribution is -2.27. The number of benzene rings is 1.